The van der Waals surface area contributed by atoms with E-state index in [9.17, 15) is 10.1 Å². The van der Waals surface area contributed by atoms with Crippen molar-refractivity contribution in [1.29, 1.82) is 0 Å². The van der Waals surface area contributed by atoms with Crippen LogP contribution in [0.2, 0.25) is 0 Å². The largest absolute Gasteiger partial charge is 0.450 e. The third kappa shape index (κ3) is 8.49. The molecule has 1 aromatic rings. The minimum absolute atomic E-state index is 0.0693. The van der Waals surface area contributed by atoms with E-state index in [1.54, 1.807) is 6.08 Å². The number of nitro groups is 1. The molecule has 0 fully saturated rings. The highest BCUT2D eigenvalue weighted by Crippen LogP contribution is 2.37. The first kappa shape index (κ1) is 24.8. The first-order chi connectivity index (χ1) is 13.6. The zero-order chi connectivity index (χ0) is 21.4. The number of hydrogen-bond acceptors (Lipinski definition) is 5. The van der Waals surface area contributed by atoms with E-state index in [0.29, 0.717) is 11.5 Å². The van der Waals surface area contributed by atoms with Gasteiger partial charge in [-0.05, 0) is 37.1 Å². The first-order valence-corrected chi connectivity index (χ1v) is 9.38. The molecule has 1 aromatic heterocycles. The molecule has 0 aliphatic heterocycles. The van der Waals surface area contributed by atoms with Gasteiger partial charge in [0.2, 0.25) is 5.75 Å². The average molecular weight is 386 g/mol. The summed E-state index contributed by atoms with van der Waals surface area (Å²) < 4.78 is 11.0. The first-order valence-electron chi connectivity index (χ1n) is 9.38. The predicted molar refractivity (Wildman–Crippen MR) is 114 cm³/mol. The summed E-state index contributed by atoms with van der Waals surface area (Å²) in [6.07, 6.45) is 14.4. The Bertz CT molecular complexity index is 734. The second-order valence-electron chi connectivity index (χ2n) is 5.23. The number of hydrogen-bond donors (Lipinski definition) is 0. The van der Waals surface area contributed by atoms with E-state index >= 15 is 0 Å². The maximum absolute atomic E-state index is 11.4. The van der Waals surface area contributed by atoms with E-state index < -0.39 is 4.92 Å². The molecule has 0 unspecified atom stereocenters. The van der Waals surface area contributed by atoms with Crippen molar-refractivity contribution in [2.45, 2.75) is 47.0 Å². The molecule has 1 aliphatic rings. The van der Waals surface area contributed by atoms with Gasteiger partial charge in [-0.25, -0.2) is 4.98 Å². The van der Waals surface area contributed by atoms with Crippen molar-refractivity contribution in [3.05, 3.63) is 83.5 Å². The van der Waals surface area contributed by atoms with Crippen LogP contribution in [0.15, 0.2) is 73.4 Å². The fourth-order valence-corrected chi connectivity index (χ4v) is 1.91. The Labute approximate surface area is 167 Å². The van der Waals surface area contributed by atoms with E-state index in [4.69, 9.17) is 9.47 Å². The van der Waals surface area contributed by atoms with E-state index in [1.165, 1.54) is 36.9 Å². The van der Waals surface area contributed by atoms with Gasteiger partial charge in [-0.1, -0.05) is 59.4 Å². The molecule has 0 spiro atoms. The number of aromatic nitrogens is 1. The quantitative estimate of drug-likeness (QED) is 0.226. The summed E-state index contributed by atoms with van der Waals surface area (Å²) >= 11 is 0. The lowest BCUT2D eigenvalue weighted by atomic mass is 10.2. The van der Waals surface area contributed by atoms with Crippen molar-refractivity contribution >= 4 is 5.69 Å². The Morgan fingerprint density at radius 1 is 1.32 bits per heavy atom. The van der Waals surface area contributed by atoms with Gasteiger partial charge >= 0.3 is 11.6 Å². The Hall–Kier alpha value is -3.15. The third-order valence-corrected chi connectivity index (χ3v) is 2.92. The van der Waals surface area contributed by atoms with Crippen LogP contribution in [-0.4, -0.2) is 9.91 Å². The molecule has 0 radical (unpaired) electrons. The molecule has 6 nitrogen and oxygen atoms in total. The lowest BCUT2D eigenvalue weighted by Crippen LogP contribution is -2.03. The highest BCUT2D eigenvalue weighted by Gasteiger charge is 2.25. The summed E-state index contributed by atoms with van der Waals surface area (Å²) in [4.78, 5) is 14.8. The molecule has 0 bridgehead atoms. The van der Waals surface area contributed by atoms with Gasteiger partial charge in [0.15, 0.2) is 0 Å². The maximum atomic E-state index is 11.4. The van der Waals surface area contributed by atoms with E-state index in [2.05, 4.69) is 32.0 Å². The molecular weight excluding hydrogens is 356 g/mol. The maximum Gasteiger partial charge on any atom is 0.373 e. The Morgan fingerprint density at radius 2 is 2.00 bits per heavy atom. The molecular formula is C22H30N2O4. The number of ether oxygens (including phenoxy) is 2. The molecule has 0 aromatic carbocycles. The topological polar surface area (TPSA) is 74.5 Å². The minimum Gasteiger partial charge on any atom is -0.450 e. The molecule has 6 heteroatoms. The molecule has 1 aliphatic carbocycles. The van der Waals surface area contributed by atoms with Gasteiger partial charge in [0.1, 0.15) is 11.5 Å². The average Bonchev–Trinajstić information content (AvgIpc) is 2.70. The second-order valence-corrected chi connectivity index (χ2v) is 5.23. The smallest absolute Gasteiger partial charge is 0.373 e. The van der Waals surface area contributed by atoms with Gasteiger partial charge in [-0.15, -0.1) is 0 Å². The van der Waals surface area contributed by atoms with Crippen molar-refractivity contribution in [3.8, 4) is 11.6 Å². The predicted octanol–water partition coefficient (Wildman–Crippen LogP) is 6.68. The van der Waals surface area contributed by atoms with Gasteiger partial charge in [-0.3, -0.25) is 10.1 Å². The number of nitrogens with zero attached hydrogens (tertiary/aromatic N) is 2. The van der Waals surface area contributed by atoms with Crippen LogP contribution in [0.25, 0.3) is 0 Å². The summed E-state index contributed by atoms with van der Waals surface area (Å²) in [5, 5.41) is 11.4. The second kappa shape index (κ2) is 15.0. The standard InChI is InChI=1S/C17H16N2O4.C3H8.C2H6/c1-3-8-13(4-2)23-17-16(19(20)21)15(11-12-18-17)22-14-9-6-5-7-10-14;1-3-2;1-2/h3-4,6,8-12H,1-2,5,7H2;3H2,1-2H3;1-2H3/b13-8+;;. The monoisotopic (exact) mass is 386 g/mol. The SMILES string of the molecule is C=C/C=C(\C=C)Oc1nccc(OC2=CCCC=C2)c1[N+](=O)[O-].CC.CCC. The summed E-state index contributed by atoms with van der Waals surface area (Å²) in [6, 6.07) is 1.43. The van der Waals surface area contributed by atoms with Gasteiger partial charge < -0.3 is 9.47 Å². The Kier molecular flexibility index (Phi) is 13.3. The van der Waals surface area contributed by atoms with Gasteiger partial charge in [0.25, 0.3) is 0 Å². The van der Waals surface area contributed by atoms with Crippen LogP contribution in [0.3, 0.4) is 0 Å². The molecule has 0 amide bonds. The van der Waals surface area contributed by atoms with Crippen LogP contribution in [0, 0.1) is 10.1 Å². The van der Waals surface area contributed by atoms with Crippen LogP contribution in [0.4, 0.5) is 5.69 Å². The minimum atomic E-state index is -0.584. The van der Waals surface area contributed by atoms with Gasteiger partial charge in [0.05, 0.1) is 4.92 Å². The molecule has 2 rings (SSSR count). The molecule has 1 heterocycles. The normalized spacial score (nSPS) is 12.3. The molecule has 0 saturated carbocycles. The van der Waals surface area contributed by atoms with Gasteiger partial charge in [-0.2, -0.15) is 0 Å². The fraction of sp³-hybridized carbons (Fsp3) is 0.318. The Balaban J connectivity index is 0.00000133. The number of allylic oxidation sites excluding steroid dienone is 6. The summed E-state index contributed by atoms with van der Waals surface area (Å²) in [5.41, 5.74) is -0.343. The van der Waals surface area contributed by atoms with Crippen LogP contribution in [-0.2, 0) is 0 Å². The highest BCUT2D eigenvalue weighted by atomic mass is 16.6. The van der Waals surface area contributed by atoms with Crippen molar-refractivity contribution in [1.82, 2.24) is 4.98 Å². The molecule has 152 valence electrons. The van der Waals surface area contributed by atoms with Crippen LogP contribution in [0.5, 0.6) is 11.6 Å². The fourth-order valence-electron chi connectivity index (χ4n) is 1.91. The highest BCUT2D eigenvalue weighted by molar-refractivity contribution is 5.55. The lowest BCUT2D eigenvalue weighted by molar-refractivity contribution is -0.386. The zero-order valence-electron chi connectivity index (χ0n) is 17.2. The number of rotatable bonds is 7. The lowest BCUT2D eigenvalue weighted by Gasteiger charge is -2.11. The van der Waals surface area contributed by atoms with Crippen molar-refractivity contribution in [2.24, 2.45) is 0 Å². The van der Waals surface area contributed by atoms with Gasteiger partial charge in [0, 0.05) is 12.3 Å². The molecule has 0 N–H and O–H groups in total. The van der Waals surface area contributed by atoms with E-state index in [0.717, 1.165) is 12.8 Å². The van der Waals surface area contributed by atoms with E-state index in [-0.39, 0.29) is 17.3 Å². The summed E-state index contributed by atoms with van der Waals surface area (Å²) in [5.74, 6) is 0.757. The van der Waals surface area contributed by atoms with Crippen molar-refractivity contribution < 1.29 is 14.4 Å². The third-order valence-electron chi connectivity index (χ3n) is 2.92. The summed E-state index contributed by atoms with van der Waals surface area (Å²) in [6.45, 7) is 15.4. The molecule has 0 saturated heterocycles. The van der Waals surface area contributed by atoms with Crippen molar-refractivity contribution in [3.63, 3.8) is 0 Å². The number of pyridine rings is 1. The van der Waals surface area contributed by atoms with E-state index in [1.807, 2.05) is 26.0 Å². The molecule has 28 heavy (non-hydrogen) atoms. The van der Waals surface area contributed by atoms with Crippen LogP contribution in [0.1, 0.15) is 47.0 Å². The zero-order valence-corrected chi connectivity index (χ0v) is 17.2. The van der Waals surface area contributed by atoms with Crippen LogP contribution >= 0.6 is 0 Å². The Morgan fingerprint density at radius 3 is 2.50 bits per heavy atom. The molecule has 0 atom stereocenters. The summed E-state index contributed by atoms with van der Waals surface area (Å²) in [7, 11) is 0. The van der Waals surface area contributed by atoms with Crippen molar-refractivity contribution in [2.75, 3.05) is 0 Å². The van der Waals surface area contributed by atoms with Crippen LogP contribution < -0.4 is 9.47 Å².